The molecule has 1 aromatic carbocycles. The molecule has 0 atom stereocenters. The lowest BCUT2D eigenvalue weighted by atomic mass is 10.1. The summed E-state index contributed by atoms with van der Waals surface area (Å²) in [5.41, 5.74) is 4.61. The van der Waals surface area contributed by atoms with Gasteiger partial charge in [0.2, 0.25) is 0 Å². The molecule has 0 aliphatic carbocycles. The Morgan fingerprint density at radius 2 is 1.95 bits per heavy atom. The van der Waals surface area contributed by atoms with Crippen LogP contribution in [0.25, 0.3) is 0 Å². The van der Waals surface area contributed by atoms with Crippen LogP contribution in [0.5, 0.6) is 11.5 Å². The lowest BCUT2D eigenvalue weighted by Crippen LogP contribution is -2.06. The number of hydrogen-bond acceptors (Lipinski definition) is 3. The van der Waals surface area contributed by atoms with Crippen LogP contribution < -0.4 is 10.1 Å². The van der Waals surface area contributed by atoms with Gasteiger partial charge in [0, 0.05) is 18.8 Å². The summed E-state index contributed by atoms with van der Waals surface area (Å²) in [4.78, 5) is 4.29. The first-order chi connectivity index (χ1) is 9.10. The number of ether oxygens (including phenoxy) is 1. The fourth-order valence-corrected chi connectivity index (χ4v) is 2.03. The second kappa shape index (κ2) is 5.85. The molecule has 0 bridgehead atoms. The number of nitrogens with one attached hydrogen (secondary N) is 1. The third kappa shape index (κ3) is 3.32. The first-order valence-corrected chi connectivity index (χ1v) is 6.45. The fraction of sp³-hybridized carbons (Fsp3) is 0.312. The lowest BCUT2D eigenvalue weighted by molar-refractivity contribution is 0.476. The maximum Gasteiger partial charge on any atom is 0.130 e. The molecule has 0 fully saturated rings. The average molecular weight is 256 g/mol. The molecule has 1 N–H and O–H groups in total. The monoisotopic (exact) mass is 256 g/mol. The molecule has 19 heavy (non-hydrogen) atoms. The van der Waals surface area contributed by atoms with Crippen LogP contribution in [0.2, 0.25) is 0 Å². The van der Waals surface area contributed by atoms with E-state index < -0.39 is 0 Å². The minimum absolute atomic E-state index is 0.739. The number of pyridine rings is 1. The summed E-state index contributed by atoms with van der Waals surface area (Å²) in [5, 5.41) is 3.09. The van der Waals surface area contributed by atoms with Gasteiger partial charge in [-0.1, -0.05) is 6.07 Å². The van der Waals surface area contributed by atoms with Gasteiger partial charge in [0.05, 0.1) is 5.69 Å². The second-order valence-electron chi connectivity index (χ2n) is 4.82. The molecule has 3 heteroatoms. The van der Waals surface area contributed by atoms with E-state index in [1.54, 1.807) is 6.20 Å². The predicted octanol–water partition coefficient (Wildman–Crippen LogP) is 3.52. The maximum atomic E-state index is 5.99. The maximum absolute atomic E-state index is 5.99. The highest BCUT2D eigenvalue weighted by Crippen LogP contribution is 2.28. The van der Waals surface area contributed by atoms with Gasteiger partial charge in [0.25, 0.3) is 0 Å². The Balaban J connectivity index is 2.28. The number of rotatable bonds is 4. The quantitative estimate of drug-likeness (QED) is 0.908. The summed E-state index contributed by atoms with van der Waals surface area (Å²) in [6.45, 7) is 7.01. The normalized spacial score (nSPS) is 10.5. The molecule has 0 amide bonds. The van der Waals surface area contributed by atoms with Gasteiger partial charge in [-0.05, 0) is 56.6 Å². The van der Waals surface area contributed by atoms with Gasteiger partial charge >= 0.3 is 0 Å². The summed E-state index contributed by atoms with van der Waals surface area (Å²) < 4.78 is 5.99. The van der Waals surface area contributed by atoms with E-state index in [1.807, 2.05) is 19.2 Å². The summed E-state index contributed by atoms with van der Waals surface area (Å²) in [5.74, 6) is 1.74. The van der Waals surface area contributed by atoms with Gasteiger partial charge in [-0.15, -0.1) is 0 Å². The van der Waals surface area contributed by atoms with Crippen LogP contribution >= 0.6 is 0 Å². The van der Waals surface area contributed by atoms with Crippen molar-refractivity contribution in [2.75, 3.05) is 7.05 Å². The van der Waals surface area contributed by atoms with E-state index in [-0.39, 0.29) is 0 Å². The van der Waals surface area contributed by atoms with Crippen molar-refractivity contribution in [3.05, 3.63) is 52.8 Å². The third-order valence-electron chi connectivity index (χ3n) is 3.14. The number of aromatic nitrogens is 1. The van der Waals surface area contributed by atoms with E-state index in [2.05, 4.69) is 43.2 Å². The Morgan fingerprint density at radius 1 is 1.16 bits per heavy atom. The summed E-state index contributed by atoms with van der Waals surface area (Å²) in [6, 6.07) is 8.09. The van der Waals surface area contributed by atoms with Crippen molar-refractivity contribution in [1.82, 2.24) is 10.3 Å². The van der Waals surface area contributed by atoms with Crippen molar-refractivity contribution < 1.29 is 4.74 Å². The number of hydrogen-bond donors (Lipinski definition) is 1. The van der Waals surface area contributed by atoms with Crippen molar-refractivity contribution in [3.63, 3.8) is 0 Å². The molecule has 100 valence electrons. The molecular formula is C16H20N2O. The number of aryl methyl sites for hydroxylation is 2. The smallest absolute Gasteiger partial charge is 0.130 e. The minimum Gasteiger partial charge on any atom is -0.457 e. The Bertz CT molecular complexity index is 579. The van der Waals surface area contributed by atoms with Gasteiger partial charge < -0.3 is 10.1 Å². The molecule has 0 radical (unpaired) electrons. The highest BCUT2D eigenvalue weighted by atomic mass is 16.5. The highest BCUT2D eigenvalue weighted by molar-refractivity contribution is 5.44. The standard InChI is InChI=1S/C16H20N2O/c1-11-7-12(2)13(3)16(8-11)19-15-5-6-18-14(9-15)10-17-4/h5-9,17H,10H2,1-4H3. The van der Waals surface area contributed by atoms with E-state index in [0.717, 1.165) is 23.7 Å². The SMILES string of the molecule is CNCc1cc(Oc2cc(C)cc(C)c2C)ccn1. The largest absolute Gasteiger partial charge is 0.457 e. The molecule has 3 nitrogen and oxygen atoms in total. The topological polar surface area (TPSA) is 34.1 Å². The Labute approximate surface area is 114 Å². The third-order valence-corrected chi connectivity index (χ3v) is 3.14. The van der Waals surface area contributed by atoms with E-state index >= 15 is 0 Å². The van der Waals surface area contributed by atoms with Gasteiger partial charge in [-0.3, -0.25) is 4.98 Å². The molecular weight excluding hydrogens is 236 g/mol. The zero-order valence-electron chi connectivity index (χ0n) is 11.9. The first-order valence-electron chi connectivity index (χ1n) is 6.45. The first kappa shape index (κ1) is 13.6. The summed E-state index contributed by atoms with van der Waals surface area (Å²) in [7, 11) is 1.91. The van der Waals surface area contributed by atoms with Crippen LogP contribution in [0.3, 0.4) is 0 Å². The zero-order valence-corrected chi connectivity index (χ0v) is 11.9. The van der Waals surface area contributed by atoms with Crippen LogP contribution in [-0.2, 0) is 6.54 Å². The molecule has 1 heterocycles. The highest BCUT2D eigenvalue weighted by Gasteiger charge is 2.06. The molecule has 2 aromatic rings. The molecule has 0 aliphatic heterocycles. The Hall–Kier alpha value is -1.87. The van der Waals surface area contributed by atoms with Crippen molar-refractivity contribution >= 4 is 0 Å². The van der Waals surface area contributed by atoms with Crippen LogP contribution in [0.1, 0.15) is 22.4 Å². The number of nitrogens with zero attached hydrogens (tertiary/aromatic N) is 1. The molecule has 0 unspecified atom stereocenters. The summed E-state index contributed by atoms with van der Waals surface area (Å²) in [6.07, 6.45) is 1.78. The predicted molar refractivity (Wildman–Crippen MR) is 77.7 cm³/mol. The van der Waals surface area contributed by atoms with Gasteiger partial charge in [-0.2, -0.15) is 0 Å². The van der Waals surface area contributed by atoms with Crippen LogP contribution in [0.4, 0.5) is 0 Å². The lowest BCUT2D eigenvalue weighted by Gasteiger charge is -2.12. The molecule has 1 aromatic heterocycles. The Morgan fingerprint density at radius 3 is 2.68 bits per heavy atom. The van der Waals surface area contributed by atoms with Gasteiger partial charge in [0.15, 0.2) is 0 Å². The van der Waals surface area contributed by atoms with E-state index in [1.165, 1.54) is 16.7 Å². The van der Waals surface area contributed by atoms with Crippen molar-refractivity contribution in [2.24, 2.45) is 0 Å². The average Bonchev–Trinajstić information content (AvgIpc) is 2.36. The molecule has 0 aliphatic rings. The van der Waals surface area contributed by atoms with Crippen LogP contribution in [0.15, 0.2) is 30.5 Å². The van der Waals surface area contributed by atoms with Crippen molar-refractivity contribution in [3.8, 4) is 11.5 Å². The second-order valence-corrected chi connectivity index (χ2v) is 4.82. The minimum atomic E-state index is 0.739. The van der Waals surface area contributed by atoms with Crippen molar-refractivity contribution in [2.45, 2.75) is 27.3 Å². The number of benzene rings is 1. The molecule has 0 saturated heterocycles. The molecule has 2 rings (SSSR count). The fourth-order valence-electron chi connectivity index (χ4n) is 2.03. The van der Waals surface area contributed by atoms with Crippen LogP contribution in [0, 0.1) is 20.8 Å². The van der Waals surface area contributed by atoms with Crippen molar-refractivity contribution in [1.29, 1.82) is 0 Å². The molecule has 0 saturated carbocycles. The van der Waals surface area contributed by atoms with Gasteiger partial charge in [-0.25, -0.2) is 0 Å². The van der Waals surface area contributed by atoms with E-state index in [0.29, 0.717) is 0 Å². The summed E-state index contributed by atoms with van der Waals surface area (Å²) >= 11 is 0. The zero-order chi connectivity index (χ0) is 13.8. The molecule has 0 spiro atoms. The van der Waals surface area contributed by atoms with Gasteiger partial charge in [0.1, 0.15) is 11.5 Å². The van der Waals surface area contributed by atoms with Crippen LogP contribution in [-0.4, -0.2) is 12.0 Å². The Kier molecular flexibility index (Phi) is 4.17. The van der Waals surface area contributed by atoms with E-state index in [4.69, 9.17) is 4.74 Å². The van der Waals surface area contributed by atoms with E-state index in [9.17, 15) is 0 Å².